The van der Waals surface area contributed by atoms with Crippen LogP contribution in [0.4, 0.5) is 0 Å². The average molecular weight is 316 g/mol. The molecule has 0 radical (unpaired) electrons. The monoisotopic (exact) mass is 315 g/mol. The van der Waals surface area contributed by atoms with Gasteiger partial charge in [0.05, 0.1) is 11.6 Å². The number of hydrogen-bond acceptors (Lipinski definition) is 4. The maximum Gasteiger partial charge on any atom is 0.257 e. The van der Waals surface area contributed by atoms with E-state index in [2.05, 4.69) is 0 Å². The van der Waals surface area contributed by atoms with E-state index in [0.29, 0.717) is 37.5 Å². The first kappa shape index (κ1) is 17.5. The van der Waals surface area contributed by atoms with Crippen molar-refractivity contribution in [2.45, 2.75) is 26.8 Å². The van der Waals surface area contributed by atoms with Gasteiger partial charge in [-0.3, -0.25) is 9.59 Å². The number of amides is 2. The highest BCUT2D eigenvalue weighted by Gasteiger charge is 2.27. The van der Waals surface area contributed by atoms with Crippen molar-refractivity contribution in [3.8, 4) is 0 Å². The molecular formula is C14H22ClN3O3. The van der Waals surface area contributed by atoms with Gasteiger partial charge >= 0.3 is 0 Å². The number of carbonyl (C=O) groups excluding carboxylic acids is 2. The minimum Gasteiger partial charge on any atom is -0.466 e. The molecule has 1 aromatic heterocycles. The Morgan fingerprint density at radius 3 is 2.14 bits per heavy atom. The van der Waals surface area contributed by atoms with E-state index in [9.17, 15) is 9.59 Å². The van der Waals surface area contributed by atoms with E-state index in [4.69, 9.17) is 10.2 Å². The quantitative estimate of drug-likeness (QED) is 0.881. The molecule has 1 aliphatic heterocycles. The molecule has 0 aromatic carbocycles. The van der Waals surface area contributed by atoms with Gasteiger partial charge in [0.15, 0.2) is 0 Å². The van der Waals surface area contributed by atoms with Gasteiger partial charge in [-0.2, -0.15) is 0 Å². The minimum absolute atomic E-state index is 0. The molecule has 0 saturated carbocycles. The molecule has 7 heteroatoms. The third kappa shape index (κ3) is 3.77. The Kier molecular flexibility index (Phi) is 5.80. The Hall–Kier alpha value is -1.53. The Morgan fingerprint density at radius 1 is 1.19 bits per heavy atom. The Morgan fingerprint density at radius 2 is 1.71 bits per heavy atom. The molecular weight excluding hydrogens is 294 g/mol. The Labute approximate surface area is 130 Å². The molecule has 1 fully saturated rings. The van der Waals surface area contributed by atoms with Gasteiger partial charge in [-0.15, -0.1) is 12.4 Å². The summed E-state index contributed by atoms with van der Waals surface area (Å²) in [5, 5.41) is 0. The average Bonchev–Trinajstić information content (AvgIpc) is 2.76. The van der Waals surface area contributed by atoms with Crippen LogP contribution in [0.1, 0.15) is 28.8 Å². The zero-order valence-electron chi connectivity index (χ0n) is 12.6. The van der Waals surface area contributed by atoms with E-state index in [1.54, 1.807) is 29.7 Å². The summed E-state index contributed by atoms with van der Waals surface area (Å²) in [7, 11) is 0. The summed E-state index contributed by atoms with van der Waals surface area (Å²) in [6, 6.07) is 1.27. The van der Waals surface area contributed by atoms with E-state index >= 15 is 0 Å². The topological polar surface area (TPSA) is 79.8 Å². The van der Waals surface area contributed by atoms with Crippen LogP contribution in [0.2, 0.25) is 0 Å². The van der Waals surface area contributed by atoms with Crippen LogP contribution in [-0.4, -0.2) is 53.8 Å². The fourth-order valence-corrected chi connectivity index (χ4v) is 2.43. The Balaban J connectivity index is 0.00000220. The lowest BCUT2D eigenvalue weighted by Crippen LogP contribution is -2.53. The molecule has 2 N–H and O–H groups in total. The van der Waals surface area contributed by atoms with Gasteiger partial charge in [0.1, 0.15) is 11.5 Å². The summed E-state index contributed by atoms with van der Waals surface area (Å²) in [6.45, 7) is 7.41. The Bertz CT molecular complexity index is 520. The highest BCUT2D eigenvalue weighted by atomic mass is 35.5. The standard InChI is InChI=1S/C14H21N3O3.ClH/c1-9-8-12(11(3)20-9)14(19)17-6-4-16(5-7-17)13(18)10(2)15;/h8,10H,4-7,15H2,1-3H3;1H/t10-;/m1./s1. The van der Waals surface area contributed by atoms with Crippen molar-refractivity contribution in [2.24, 2.45) is 5.73 Å². The van der Waals surface area contributed by atoms with E-state index in [1.165, 1.54) is 0 Å². The van der Waals surface area contributed by atoms with Crippen LogP contribution in [0.5, 0.6) is 0 Å². The summed E-state index contributed by atoms with van der Waals surface area (Å²) < 4.78 is 5.39. The van der Waals surface area contributed by atoms with Gasteiger partial charge in [0.25, 0.3) is 5.91 Å². The fourth-order valence-electron chi connectivity index (χ4n) is 2.43. The summed E-state index contributed by atoms with van der Waals surface area (Å²) >= 11 is 0. The smallest absolute Gasteiger partial charge is 0.257 e. The molecule has 2 amide bonds. The lowest BCUT2D eigenvalue weighted by atomic mass is 10.2. The second-order valence-corrected chi connectivity index (χ2v) is 5.23. The van der Waals surface area contributed by atoms with Crippen LogP contribution in [0.15, 0.2) is 10.5 Å². The lowest BCUT2D eigenvalue weighted by Gasteiger charge is -2.35. The predicted octanol–water partition coefficient (Wildman–Crippen LogP) is 0.950. The second kappa shape index (κ2) is 6.95. The summed E-state index contributed by atoms with van der Waals surface area (Å²) in [4.78, 5) is 27.6. The van der Waals surface area contributed by atoms with Crippen molar-refractivity contribution < 1.29 is 14.0 Å². The molecule has 0 aliphatic carbocycles. The van der Waals surface area contributed by atoms with E-state index in [-0.39, 0.29) is 24.2 Å². The summed E-state index contributed by atoms with van der Waals surface area (Å²) in [6.07, 6.45) is 0. The number of halogens is 1. The predicted molar refractivity (Wildman–Crippen MR) is 81.6 cm³/mol. The molecule has 2 rings (SSSR count). The zero-order valence-corrected chi connectivity index (χ0v) is 13.4. The molecule has 0 unspecified atom stereocenters. The minimum atomic E-state index is -0.490. The first-order valence-corrected chi connectivity index (χ1v) is 6.81. The highest BCUT2D eigenvalue weighted by Crippen LogP contribution is 2.17. The first-order valence-electron chi connectivity index (χ1n) is 6.81. The largest absolute Gasteiger partial charge is 0.466 e. The van der Waals surface area contributed by atoms with Crippen LogP contribution in [0.3, 0.4) is 0 Å². The molecule has 21 heavy (non-hydrogen) atoms. The van der Waals surface area contributed by atoms with E-state index < -0.39 is 6.04 Å². The van der Waals surface area contributed by atoms with E-state index in [0.717, 1.165) is 5.76 Å². The van der Waals surface area contributed by atoms with Crippen molar-refractivity contribution in [1.29, 1.82) is 0 Å². The number of piperazine rings is 1. The van der Waals surface area contributed by atoms with Gasteiger partial charge in [0.2, 0.25) is 5.91 Å². The van der Waals surface area contributed by atoms with Gasteiger partial charge in [-0.1, -0.05) is 0 Å². The molecule has 118 valence electrons. The molecule has 0 spiro atoms. The first-order chi connectivity index (χ1) is 9.40. The van der Waals surface area contributed by atoms with Crippen LogP contribution < -0.4 is 5.73 Å². The molecule has 6 nitrogen and oxygen atoms in total. The number of nitrogens with zero attached hydrogens (tertiary/aromatic N) is 2. The van der Waals surface area contributed by atoms with Crippen molar-refractivity contribution in [1.82, 2.24) is 9.80 Å². The van der Waals surface area contributed by atoms with Crippen LogP contribution in [0, 0.1) is 13.8 Å². The molecule has 1 aliphatic rings. The molecule has 1 atom stereocenters. The van der Waals surface area contributed by atoms with Gasteiger partial charge < -0.3 is 20.0 Å². The van der Waals surface area contributed by atoms with Crippen LogP contribution in [-0.2, 0) is 4.79 Å². The SMILES string of the molecule is Cc1cc(C(=O)N2CCN(C(=O)[C@@H](C)N)CC2)c(C)o1.Cl. The molecule has 0 bridgehead atoms. The zero-order chi connectivity index (χ0) is 14.9. The number of carbonyl (C=O) groups is 2. The van der Waals surface area contributed by atoms with Gasteiger partial charge in [-0.25, -0.2) is 0 Å². The third-order valence-electron chi connectivity index (χ3n) is 3.54. The third-order valence-corrected chi connectivity index (χ3v) is 3.54. The van der Waals surface area contributed by atoms with Gasteiger partial charge in [0, 0.05) is 26.2 Å². The molecule has 1 saturated heterocycles. The van der Waals surface area contributed by atoms with Crippen molar-refractivity contribution in [3.63, 3.8) is 0 Å². The van der Waals surface area contributed by atoms with Crippen molar-refractivity contribution >= 4 is 24.2 Å². The maximum absolute atomic E-state index is 12.4. The van der Waals surface area contributed by atoms with Crippen LogP contribution in [0.25, 0.3) is 0 Å². The second-order valence-electron chi connectivity index (χ2n) is 5.23. The number of hydrogen-bond donors (Lipinski definition) is 1. The van der Waals surface area contributed by atoms with E-state index in [1.807, 2.05) is 6.92 Å². The normalized spacial score (nSPS) is 16.4. The number of rotatable bonds is 2. The lowest BCUT2D eigenvalue weighted by molar-refractivity contribution is -0.133. The highest BCUT2D eigenvalue weighted by molar-refractivity contribution is 5.95. The molecule has 2 heterocycles. The van der Waals surface area contributed by atoms with Crippen molar-refractivity contribution in [3.05, 3.63) is 23.2 Å². The number of aryl methyl sites for hydroxylation is 2. The molecule has 1 aromatic rings. The van der Waals surface area contributed by atoms with Crippen molar-refractivity contribution in [2.75, 3.05) is 26.2 Å². The summed E-state index contributed by atoms with van der Waals surface area (Å²) in [5.41, 5.74) is 6.20. The maximum atomic E-state index is 12.4. The van der Waals surface area contributed by atoms with Gasteiger partial charge in [-0.05, 0) is 26.8 Å². The number of furan rings is 1. The number of nitrogens with two attached hydrogens (primary N) is 1. The summed E-state index contributed by atoms with van der Waals surface area (Å²) in [5.74, 6) is 1.28. The fraction of sp³-hybridized carbons (Fsp3) is 0.571. The van der Waals surface area contributed by atoms with Crippen LogP contribution >= 0.6 is 12.4 Å².